The van der Waals surface area contributed by atoms with Crippen LogP contribution >= 0.6 is 0 Å². The molecular formula is C24H23F2NO2. The van der Waals surface area contributed by atoms with E-state index < -0.39 is 11.6 Å². The number of ether oxygens (including phenoxy) is 1. The van der Waals surface area contributed by atoms with Gasteiger partial charge in [0.25, 0.3) is 0 Å². The van der Waals surface area contributed by atoms with E-state index in [1.54, 1.807) is 24.3 Å². The predicted octanol–water partition coefficient (Wildman–Crippen LogP) is 5.38. The van der Waals surface area contributed by atoms with Gasteiger partial charge in [0.15, 0.2) is 0 Å². The lowest BCUT2D eigenvalue weighted by molar-refractivity contribution is 0.328. The van der Waals surface area contributed by atoms with Crippen molar-refractivity contribution in [2.75, 3.05) is 13.2 Å². The molecule has 0 radical (unpaired) electrons. The summed E-state index contributed by atoms with van der Waals surface area (Å²) in [5, 5.41) is 9.67. The third kappa shape index (κ3) is 5.00. The van der Waals surface area contributed by atoms with E-state index >= 15 is 0 Å². The first-order valence-electron chi connectivity index (χ1n) is 9.44. The molecule has 0 aromatic heterocycles. The molecule has 0 unspecified atom stereocenters. The molecule has 150 valence electrons. The van der Waals surface area contributed by atoms with Crippen molar-refractivity contribution in [1.29, 1.82) is 0 Å². The molecule has 0 saturated heterocycles. The third-order valence-electron chi connectivity index (χ3n) is 4.55. The minimum Gasteiger partial charge on any atom is -0.508 e. The van der Waals surface area contributed by atoms with Crippen molar-refractivity contribution in [2.45, 2.75) is 13.3 Å². The molecule has 0 aliphatic rings. The van der Waals surface area contributed by atoms with Gasteiger partial charge in [-0.1, -0.05) is 31.2 Å². The SMILES string of the molecule is CC/C(=C(\c1ccc(O)cc1)c1ccc(OCCN)cc1)c1cc(F)cc(F)c1. The summed E-state index contributed by atoms with van der Waals surface area (Å²) in [7, 11) is 0. The average Bonchev–Trinajstić information content (AvgIpc) is 2.71. The molecule has 0 aliphatic heterocycles. The summed E-state index contributed by atoms with van der Waals surface area (Å²) in [6.07, 6.45) is 0.560. The van der Waals surface area contributed by atoms with E-state index in [1.165, 1.54) is 12.1 Å². The van der Waals surface area contributed by atoms with Gasteiger partial charge in [-0.2, -0.15) is 0 Å². The van der Waals surface area contributed by atoms with Gasteiger partial charge in [0.05, 0.1) is 0 Å². The van der Waals surface area contributed by atoms with Crippen LogP contribution in [0.4, 0.5) is 8.78 Å². The van der Waals surface area contributed by atoms with Crippen LogP contribution in [0.5, 0.6) is 11.5 Å². The summed E-state index contributed by atoms with van der Waals surface area (Å²) in [5.74, 6) is -0.407. The smallest absolute Gasteiger partial charge is 0.126 e. The standard InChI is InChI=1S/C24H23F2NO2/c1-2-23(18-13-19(25)15-20(26)14-18)24(16-3-7-21(28)8-4-16)17-5-9-22(10-6-17)29-12-11-27/h3-10,13-15,28H,2,11-12,27H2,1H3/b24-23-. The summed E-state index contributed by atoms with van der Waals surface area (Å²) in [6, 6.07) is 17.8. The number of aromatic hydroxyl groups is 1. The molecule has 0 aliphatic carbocycles. The van der Waals surface area contributed by atoms with Crippen LogP contribution in [0.2, 0.25) is 0 Å². The summed E-state index contributed by atoms with van der Waals surface area (Å²) in [6.45, 7) is 2.78. The van der Waals surface area contributed by atoms with Crippen LogP contribution in [0.1, 0.15) is 30.0 Å². The average molecular weight is 395 g/mol. The van der Waals surface area contributed by atoms with Gasteiger partial charge in [-0.15, -0.1) is 0 Å². The van der Waals surface area contributed by atoms with Gasteiger partial charge in [-0.05, 0) is 70.7 Å². The maximum Gasteiger partial charge on any atom is 0.126 e. The molecule has 0 amide bonds. The van der Waals surface area contributed by atoms with E-state index in [9.17, 15) is 13.9 Å². The fourth-order valence-electron chi connectivity index (χ4n) is 3.29. The molecule has 0 atom stereocenters. The quantitative estimate of drug-likeness (QED) is 0.528. The zero-order chi connectivity index (χ0) is 20.8. The lowest BCUT2D eigenvalue weighted by Gasteiger charge is -2.17. The van der Waals surface area contributed by atoms with Crippen LogP contribution in [-0.2, 0) is 0 Å². The highest BCUT2D eigenvalue weighted by molar-refractivity contribution is 5.98. The minimum atomic E-state index is -0.624. The van der Waals surface area contributed by atoms with Gasteiger partial charge in [0.1, 0.15) is 29.7 Å². The fraction of sp³-hybridized carbons (Fsp3) is 0.167. The Morgan fingerprint density at radius 2 is 1.41 bits per heavy atom. The number of halogens is 2. The van der Waals surface area contributed by atoms with Crippen molar-refractivity contribution in [3.05, 3.63) is 95.1 Å². The number of phenolic OH excluding ortho intramolecular Hbond substituents is 1. The Kier molecular flexibility index (Phi) is 6.62. The van der Waals surface area contributed by atoms with Gasteiger partial charge >= 0.3 is 0 Å². The zero-order valence-corrected chi connectivity index (χ0v) is 16.2. The monoisotopic (exact) mass is 395 g/mol. The van der Waals surface area contributed by atoms with Crippen LogP contribution < -0.4 is 10.5 Å². The molecule has 5 heteroatoms. The Bertz CT molecular complexity index is 976. The van der Waals surface area contributed by atoms with Gasteiger partial charge in [-0.3, -0.25) is 0 Å². The Balaban J connectivity index is 2.18. The number of phenols is 1. The molecule has 0 fully saturated rings. The first kappa shape index (κ1) is 20.6. The van der Waals surface area contributed by atoms with Crippen LogP contribution in [0.25, 0.3) is 11.1 Å². The second-order valence-corrected chi connectivity index (χ2v) is 6.57. The molecule has 0 saturated carbocycles. The maximum atomic E-state index is 13.9. The Hall–Kier alpha value is -3.18. The Morgan fingerprint density at radius 3 is 1.93 bits per heavy atom. The first-order chi connectivity index (χ1) is 14.0. The highest BCUT2D eigenvalue weighted by atomic mass is 19.1. The number of allylic oxidation sites excluding steroid dienone is 1. The van der Waals surface area contributed by atoms with E-state index in [4.69, 9.17) is 10.5 Å². The summed E-state index contributed by atoms with van der Waals surface area (Å²) in [5.41, 5.74) is 9.30. The van der Waals surface area contributed by atoms with Gasteiger partial charge in [0.2, 0.25) is 0 Å². The van der Waals surface area contributed by atoms with Crippen LogP contribution in [0.3, 0.4) is 0 Å². The maximum absolute atomic E-state index is 13.9. The molecule has 0 spiro atoms. The number of hydrogen-bond donors (Lipinski definition) is 2. The molecule has 3 rings (SSSR count). The summed E-state index contributed by atoms with van der Waals surface area (Å²) >= 11 is 0. The van der Waals surface area contributed by atoms with Gasteiger partial charge in [0, 0.05) is 12.6 Å². The molecule has 3 nitrogen and oxygen atoms in total. The lowest BCUT2D eigenvalue weighted by Crippen LogP contribution is -2.10. The number of hydrogen-bond acceptors (Lipinski definition) is 3. The topological polar surface area (TPSA) is 55.5 Å². The first-order valence-corrected chi connectivity index (χ1v) is 9.44. The van der Waals surface area contributed by atoms with Crippen molar-refractivity contribution < 1.29 is 18.6 Å². The van der Waals surface area contributed by atoms with Crippen molar-refractivity contribution >= 4 is 11.1 Å². The van der Waals surface area contributed by atoms with Crippen molar-refractivity contribution in [1.82, 2.24) is 0 Å². The van der Waals surface area contributed by atoms with Crippen molar-refractivity contribution in [3.63, 3.8) is 0 Å². The molecule has 29 heavy (non-hydrogen) atoms. The van der Waals surface area contributed by atoms with Gasteiger partial charge in [-0.25, -0.2) is 8.78 Å². The van der Waals surface area contributed by atoms with Crippen LogP contribution in [0, 0.1) is 11.6 Å². The number of rotatable bonds is 7. The number of nitrogens with two attached hydrogens (primary N) is 1. The highest BCUT2D eigenvalue weighted by Crippen LogP contribution is 2.36. The Morgan fingerprint density at radius 1 is 0.862 bits per heavy atom. The molecule has 0 bridgehead atoms. The summed E-state index contributed by atoms with van der Waals surface area (Å²) < 4.78 is 33.3. The lowest BCUT2D eigenvalue weighted by atomic mass is 9.88. The van der Waals surface area contributed by atoms with Crippen molar-refractivity contribution in [2.24, 2.45) is 5.73 Å². The second-order valence-electron chi connectivity index (χ2n) is 6.57. The van der Waals surface area contributed by atoms with E-state index in [0.717, 1.165) is 28.3 Å². The molecule has 3 N–H and O–H groups in total. The largest absolute Gasteiger partial charge is 0.508 e. The Labute approximate surface area is 169 Å². The molecule has 0 heterocycles. The molecular weight excluding hydrogens is 372 g/mol. The third-order valence-corrected chi connectivity index (χ3v) is 4.55. The predicted molar refractivity (Wildman–Crippen MR) is 112 cm³/mol. The van der Waals surface area contributed by atoms with Gasteiger partial charge < -0.3 is 15.6 Å². The fourth-order valence-corrected chi connectivity index (χ4v) is 3.29. The molecule has 3 aromatic rings. The highest BCUT2D eigenvalue weighted by Gasteiger charge is 2.15. The van der Waals surface area contributed by atoms with Crippen LogP contribution in [0.15, 0.2) is 66.7 Å². The second kappa shape index (κ2) is 9.34. The van der Waals surface area contributed by atoms with E-state index in [-0.39, 0.29) is 5.75 Å². The normalized spacial score (nSPS) is 11.9. The minimum absolute atomic E-state index is 0.147. The van der Waals surface area contributed by atoms with Crippen LogP contribution in [-0.4, -0.2) is 18.3 Å². The van der Waals surface area contributed by atoms with E-state index in [2.05, 4.69) is 0 Å². The number of benzene rings is 3. The van der Waals surface area contributed by atoms with E-state index in [0.29, 0.717) is 30.9 Å². The van der Waals surface area contributed by atoms with Crippen molar-refractivity contribution in [3.8, 4) is 11.5 Å². The molecule has 3 aromatic carbocycles. The summed E-state index contributed by atoms with van der Waals surface area (Å²) in [4.78, 5) is 0. The van der Waals surface area contributed by atoms with E-state index in [1.807, 2.05) is 31.2 Å². The zero-order valence-electron chi connectivity index (χ0n) is 16.2.